The molecule has 2 aromatic rings. The highest BCUT2D eigenvalue weighted by Gasteiger charge is 2.18. The maximum Gasteiger partial charge on any atom is 0.0749 e. The molecule has 1 unspecified atom stereocenters. The first-order valence-electron chi connectivity index (χ1n) is 8.37. The van der Waals surface area contributed by atoms with Crippen LogP contribution >= 0.6 is 0 Å². The average Bonchev–Trinajstić information content (AvgIpc) is 2.55. The van der Waals surface area contributed by atoms with Gasteiger partial charge in [-0.05, 0) is 36.9 Å². The van der Waals surface area contributed by atoms with Crippen LogP contribution in [0.3, 0.4) is 0 Å². The molecule has 0 radical (unpaired) electrons. The normalized spacial score (nSPS) is 13.0. The number of nitrogens with zero attached hydrogens (tertiary/aromatic N) is 1. The van der Waals surface area contributed by atoms with Crippen molar-refractivity contribution in [1.29, 1.82) is 0 Å². The summed E-state index contributed by atoms with van der Waals surface area (Å²) in [4.78, 5) is 4.63. The number of fused-ring (bicyclic) bond motifs is 1. The minimum absolute atomic E-state index is 0.411. The Morgan fingerprint density at radius 1 is 1.05 bits per heavy atom. The molecule has 1 heterocycles. The fourth-order valence-electron chi connectivity index (χ4n) is 3.00. The monoisotopic (exact) mass is 284 g/mol. The fraction of sp³-hybridized carbons (Fsp3) is 0.526. The van der Waals surface area contributed by atoms with Crippen molar-refractivity contribution in [3.8, 4) is 0 Å². The van der Waals surface area contributed by atoms with E-state index in [4.69, 9.17) is 0 Å². The number of benzene rings is 1. The molecule has 114 valence electrons. The third kappa shape index (κ3) is 4.04. The van der Waals surface area contributed by atoms with Crippen LogP contribution in [0.4, 0.5) is 0 Å². The zero-order chi connectivity index (χ0) is 15.1. The van der Waals surface area contributed by atoms with Crippen LogP contribution in [0.1, 0.15) is 58.1 Å². The van der Waals surface area contributed by atoms with E-state index in [0.29, 0.717) is 6.04 Å². The molecule has 0 amide bonds. The SMILES string of the molecule is CCCNC(CC(CC)CC)c1cccc2cccnc12. The van der Waals surface area contributed by atoms with Crippen molar-refractivity contribution in [2.45, 2.75) is 52.5 Å². The van der Waals surface area contributed by atoms with Crippen molar-refractivity contribution in [3.05, 3.63) is 42.1 Å². The number of hydrogen-bond donors (Lipinski definition) is 1. The summed E-state index contributed by atoms with van der Waals surface area (Å²) in [6.07, 6.45) is 6.76. The van der Waals surface area contributed by atoms with Gasteiger partial charge in [-0.15, -0.1) is 0 Å². The van der Waals surface area contributed by atoms with E-state index in [9.17, 15) is 0 Å². The van der Waals surface area contributed by atoms with E-state index in [-0.39, 0.29) is 0 Å². The Kier molecular flexibility index (Phi) is 6.19. The lowest BCUT2D eigenvalue weighted by atomic mass is 9.90. The Bertz CT molecular complexity index is 541. The topological polar surface area (TPSA) is 24.9 Å². The van der Waals surface area contributed by atoms with Gasteiger partial charge < -0.3 is 5.32 Å². The Morgan fingerprint density at radius 3 is 2.52 bits per heavy atom. The van der Waals surface area contributed by atoms with E-state index in [1.165, 1.54) is 30.2 Å². The molecule has 0 aliphatic rings. The molecule has 0 spiro atoms. The van der Waals surface area contributed by atoms with Crippen LogP contribution < -0.4 is 5.32 Å². The van der Waals surface area contributed by atoms with Crippen LogP contribution in [0.15, 0.2) is 36.5 Å². The first kappa shape index (κ1) is 16.0. The van der Waals surface area contributed by atoms with Crippen LogP contribution in [-0.4, -0.2) is 11.5 Å². The summed E-state index contributed by atoms with van der Waals surface area (Å²) >= 11 is 0. The van der Waals surface area contributed by atoms with Gasteiger partial charge in [0.2, 0.25) is 0 Å². The predicted molar refractivity (Wildman–Crippen MR) is 91.5 cm³/mol. The van der Waals surface area contributed by atoms with Gasteiger partial charge in [0, 0.05) is 17.6 Å². The molecule has 1 atom stereocenters. The Balaban J connectivity index is 2.33. The first-order chi connectivity index (χ1) is 10.3. The van der Waals surface area contributed by atoms with Gasteiger partial charge in [0.25, 0.3) is 0 Å². The van der Waals surface area contributed by atoms with Gasteiger partial charge in [0.1, 0.15) is 0 Å². The predicted octanol–water partition coefficient (Wildman–Crippen LogP) is 5.10. The van der Waals surface area contributed by atoms with Crippen LogP contribution in [0.2, 0.25) is 0 Å². The fourth-order valence-corrected chi connectivity index (χ4v) is 3.00. The largest absolute Gasteiger partial charge is 0.310 e. The highest BCUT2D eigenvalue weighted by molar-refractivity contribution is 5.82. The lowest BCUT2D eigenvalue weighted by Gasteiger charge is -2.24. The number of hydrogen-bond acceptors (Lipinski definition) is 2. The van der Waals surface area contributed by atoms with Crippen molar-refractivity contribution >= 4 is 10.9 Å². The van der Waals surface area contributed by atoms with Gasteiger partial charge in [-0.3, -0.25) is 4.98 Å². The molecule has 1 aromatic heterocycles. The average molecular weight is 284 g/mol. The van der Waals surface area contributed by atoms with Gasteiger partial charge in [-0.1, -0.05) is 57.9 Å². The molecule has 0 aliphatic carbocycles. The molecule has 0 aliphatic heterocycles. The summed E-state index contributed by atoms with van der Waals surface area (Å²) in [5.41, 5.74) is 2.51. The molecule has 21 heavy (non-hydrogen) atoms. The van der Waals surface area contributed by atoms with Crippen LogP contribution in [0.25, 0.3) is 10.9 Å². The van der Waals surface area contributed by atoms with E-state index in [1.54, 1.807) is 0 Å². The maximum atomic E-state index is 4.63. The van der Waals surface area contributed by atoms with Gasteiger partial charge in [0.05, 0.1) is 5.52 Å². The summed E-state index contributed by atoms with van der Waals surface area (Å²) < 4.78 is 0. The lowest BCUT2D eigenvalue weighted by molar-refractivity contribution is 0.372. The summed E-state index contributed by atoms with van der Waals surface area (Å²) in [5.74, 6) is 0.776. The zero-order valence-electron chi connectivity index (χ0n) is 13.6. The van der Waals surface area contributed by atoms with Gasteiger partial charge >= 0.3 is 0 Å². The van der Waals surface area contributed by atoms with Crippen LogP contribution in [0.5, 0.6) is 0 Å². The molecule has 2 rings (SSSR count). The van der Waals surface area contributed by atoms with E-state index < -0.39 is 0 Å². The first-order valence-corrected chi connectivity index (χ1v) is 8.37. The number of aromatic nitrogens is 1. The Morgan fingerprint density at radius 2 is 1.81 bits per heavy atom. The van der Waals surface area contributed by atoms with Crippen LogP contribution in [0, 0.1) is 5.92 Å². The summed E-state index contributed by atoms with van der Waals surface area (Å²) in [6.45, 7) is 7.88. The molecule has 1 aromatic carbocycles. The third-order valence-corrected chi connectivity index (χ3v) is 4.40. The second-order valence-corrected chi connectivity index (χ2v) is 5.85. The minimum atomic E-state index is 0.411. The number of rotatable bonds is 8. The Hall–Kier alpha value is -1.41. The van der Waals surface area contributed by atoms with Crippen molar-refractivity contribution in [1.82, 2.24) is 10.3 Å². The molecule has 0 saturated heterocycles. The van der Waals surface area contributed by atoms with Crippen molar-refractivity contribution in [2.24, 2.45) is 5.92 Å². The number of nitrogens with one attached hydrogen (secondary N) is 1. The van der Waals surface area contributed by atoms with E-state index in [1.807, 2.05) is 12.3 Å². The molecule has 1 N–H and O–H groups in total. The van der Waals surface area contributed by atoms with E-state index in [2.05, 4.69) is 55.3 Å². The van der Waals surface area contributed by atoms with Crippen molar-refractivity contribution in [3.63, 3.8) is 0 Å². The summed E-state index contributed by atoms with van der Waals surface area (Å²) in [5, 5.41) is 4.98. The third-order valence-electron chi connectivity index (χ3n) is 4.40. The molecule has 0 bridgehead atoms. The second-order valence-electron chi connectivity index (χ2n) is 5.85. The summed E-state index contributed by atoms with van der Waals surface area (Å²) in [6, 6.07) is 11.1. The quantitative estimate of drug-likeness (QED) is 0.729. The van der Waals surface area contributed by atoms with Gasteiger partial charge in [0.15, 0.2) is 0 Å². The van der Waals surface area contributed by atoms with Crippen molar-refractivity contribution in [2.75, 3.05) is 6.54 Å². The van der Waals surface area contributed by atoms with Crippen molar-refractivity contribution < 1.29 is 0 Å². The lowest BCUT2D eigenvalue weighted by Crippen LogP contribution is -2.24. The smallest absolute Gasteiger partial charge is 0.0749 e. The molecule has 0 fully saturated rings. The maximum absolute atomic E-state index is 4.63. The van der Waals surface area contributed by atoms with E-state index >= 15 is 0 Å². The number of pyridine rings is 1. The minimum Gasteiger partial charge on any atom is -0.310 e. The molecular formula is C19H28N2. The van der Waals surface area contributed by atoms with E-state index in [0.717, 1.165) is 24.4 Å². The molecular weight excluding hydrogens is 256 g/mol. The number of para-hydroxylation sites is 1. The molecule has 2 heteroatoms. The second kappa shape index (κ2) is 8.14. The standard InChI is InChI=1S/C19H28N2/c1-4-12-20-18(14-15(5-2)6-3)17-11-7-9-16-10-8-13-21-19(16)17/h7-11,13,15,18,20H,4-6,12,14H2,1-3H3. The zero-order valence-corrected chi connectivity index (χ0v) is 13.6. The Labute approximate surface area is 129 Å². The molecule has 0 saturated carbocycles. The van der Waals surface area contributed by atoms with Gasteiger partial charge in [-0.2, -0.15) is 0 Å². The summed E-state index contributed by atoms with van der Waals surface area (Å²) in [7, 11) is 0. The van der Waals surface area contributed by atoms with Gasteiger partial charge in [-0.25, -0.2) is 0 Å². The highest BCUT2D eigenvalue weighted by Crippen LogP contribution is 2.29. The molecule has 2 nitrogen and oxygen atoms in total. The highest BCUT2D eigenvalue weighted by atomic mass is 14.9. The van der Waals surface area contributed by atoms with Crippen LogP contribution in [-0.2, 0) is 0 Å².